The first-order chi connectivity index (χ1) is 9.04. The van der Waals surface area contributed by atoms with E-state index < -0.39 is 6.10 Å². The summed E-state index contributed by atoms with van der Waals surface area (Å²) in [7, 11) is 0. The highest BCUT2D eigenvalue weighted by Crippen LogP contribution is 2.32. The van der Waals surface area contributed by atoms with Gasteiger partial charge in [0, 0.05) is 10.6 Å². The normalized spacial score (nSPS) is 12.5. The first-order valence-electron chi connectivity index (χ1n) is 6.26. The number of rotatable bonds is 3. The zero-order valence-corrected chi connectivity index (χ0v) is 11.7. The van der Waals surface area contributed by atoms with Gasteiger partial charge in [0.05, 0.1) is 0 Å². The molecule has 0 aliphatic carbocycles. The van der Waals surface area contributed by atoms with Crippen LogP contribution in [-0.4, -0.2) is 5.11 Å². The SMILES string of the molecule is CCc1ccccc1C(O)c1cc(C)c(F)cc1Cl. The van der Waals surface area contributed by atoms with Crippen molar-refractivity contribution >= 4 is 11.6 Å². The summed E-state index contributed by atoms with van der Waals surface area (Å²) in [4.78, 5) is 0. The summed E-state index contributed by atoms with van der Waals surface area (Å²) >= 11 is 6.04. The smallest absolute Gasteiger partial charge is 0.127 e. The Bertz CT molecular complexity index is 595. The minimum atomic E-state index is -0.831. The fourth-order valence-electron chi connectivity index (χ4n) is 2.18. The molecule has 0 bridgehead atoms. The van der Waals surface area contributed by atoms with Crippen molar-refractivity contribution in [2.75, 3.05) is 0 Å². The predicted octanol–water partition coefficient (Wildman–Crippen LogP) is 4.43. The molecule has 1 unspecified atom stereocenters. The maximum absolute atomic E-state index is 13.4. The highest BCUT2D eigenvalue weighted by Gasteiger charge is 2.18. The molecule has 19 heavy (non-hydrogen) atoms. The average molecular weight is 279 g/mol. The van der Waals surface area contributed by atoms with E-state index in [-0.39, 0.29) is 10.8 Å². The first-order valence-corrected chi connectivity index (χ1v) is 6.63. The van der Waals surface area contributed by atoms with Crippen LogP contribution in [0.15, 0.2) is 36.4 Å². The van der Waals surface area contributed by atoms with Gasteiger partial charge in [0.25, 0.3) is 0 Å². The van der Waals surface area contributed by atoms with Crippen LogP contribution in [0.5, 0.6) is 0 Å². The van der Waals surface area contributed by atoms with Gasteiger partial charge in [0.2, 0.25) is 0 Å². The Labute approximate surface area is 117 Å². The van der Waals surface area contributed by atoms with Gasteiger partial charge >= 0.3 is 0 Å². The molecule has 2 aromatic carbocycles. The van der Waals surface area contributed by atoms with Gasteiger partial charge in [-0.2, -0.15) is 0 Å². The zero-order chi connectivity index (χ0) is 14.0. The molecule has 1 N–H and O–H groups in total. The minimum absolute atomic E-state index is 0.251. The number of aliphatic hydroxyl groups excluding tert-OH is 1. The molecular formula is C16H16ClFO. The van der Waals surface area contributed by atoms with Crippen LogP contribution < -0.4 is 0 Å². The molecule has 0 radical (unpaired) electrons. The summed E-state index contributed by atoms with van der Waals surface area (Å²) in [6.45, 7) is 3.69. The van der Waals surface area contributed by atoms with Crippen LogP contribution in [0.4, 0.5) is 4.39 Å². The number of aliphatic hydroxyl groups is 1. The average Bonchev–Trinajstić information content (AvgIpc) is 2.42. The number of benzene rings is 2. The molecular weight excluding hydrogens is 263 g/mol. The van der Waals surface area contributed by atoms with Crippen LogP contribution in [0.3, 0.4) is 0 Å². The van der Waals surface area contributed by atoms with Gasteiger partial charge in [-0.05, 0) is 42.2 Å². The second kappa shape index (κ2) is 5.72. The van der Waals surface area contributed by atoms with E-state index in [9.17, 15) is 9.50 Å². The molecule has 0 amide bonds. The van der Waals surface area contributed by atoms with Crippen LogP contribution in [0.1, 0.15) is 35.3 Å². The third-order valence-corrected chi connectivity index (χ3v) is 3.63. The topological polar surface area (TPSA) is 20.2 Å². The fourth-order valence-corrected chi connectivity index (χ4v) is 2.43. The molecule has 0 aliphatic rings. The third kappa shape index (κ3) is 2.80. The lowest BCUT2D eigenvalue weighted by atomic mass is 9.94. The molecule has 0 fully saturated rings. The molecule has 3 heteroatoms. The van der Waals surface area contributed by atoms with E-state index in [0.717, 1.165) is 17.5 Å². The van der Waals surface area contributed by atoms with Crippen LogP contribution in [0, 0.1) is 12.7 Å². The lowest BCUT2D eigenvalue weighted by Crippen LogP contribution is -2.05. The van der Waals surface area contributed by atoms with E-state index in [1.165, 1.54) is 6.07 Å². The van der Waals surface area contributed by atoms with E-state index in [4.69, 9.17) is 11.6 Å². The summed E-state index contributed by atoms with van der Waals surface area (Å²) in [5, 5.41) is 10.7. The summed E-state index contributed by atoms with van der Waals surface area (Å²) < 4.78 is 13.4. The summed E-state index contributed by atoms with van der Waals surface area (Å²) in [6, 6.07) is 10.5. The molecule has 1 atom stereocenters. The van der Waals surface area contributed by atoms with E-state index in [0.29, 0.717) is 11.1 Å². The highest BCUT2D eigenvalue weighted by molar-refractivity contribution is 6.31. The van der Waals surface area contributed by atoms with Crippen molar-refractivity contribution in [3.05, 3.63) is 69.5 Å². The van der Waals surface area contributed by atoms with Crippen molar-refractivity contribution in [3.63, 3.8) is 0 Å². The van der Waals surface area contributed by atoms with Gasteiger partial charge in [-0.1, -0.05) is 42.8 Å². The molecule has 2 rings (SSSR count). The summed E-state index contributed by atoms with van der Waals surface area (Å²) in [5.74, 6) is -0.357. The number of aryl methyl sites for hydroxylation is 2. The highest BCUT2D eigenvalue weighted by atomic mass is 35.5. The Kier molecular flexibility index (Phi) is 4.23. The molecule has 0 heterocycles. The number of hydrogen-bond acceptors (Lipinski definition) is 1. The molecule has 0 aliphatic heterocycles. The van der Waals surface area contributed by atoms with Crippen molar-refractivity contribution in [1.82, 2.24) is 0 Å². The second-order valence-electron chi connectivity index (χ2n) is 4.58. The maximum Gasteiger partial charge on any atom is 0.127 e. The molecule has 100 valence electrons. The molecule has 0 aromatic heterocycles. The first kappa shape index (κ1) is 14.0. The van der Waals surface area contributed by atoms with Gasteiger partial charge in [0.1, 0.15) is 11.9 Å². The lowest BCUT2D eigenvalue weighted by Gasteiger charge is -2.17. The summed E-state index contributed by atoms with van der Waals surface area (Å²) in [5.41, 5.74) is 2.90. The molecule has 0 spiro atoms. The number of hydrogen-bond donors (Lipinski definition) is 1. The zero-order valence-electron chi connectivity index (χ0n) is 11.0. The Morgan fingerprint density at radius 3 is 2.58 bits per heavy atom. The van der Waals surface area contributed by atoms with Gasteiger partial charge < -0.3 is 5.11 Å². The van der Waals surface area contributed by atoms with Crippen molar-refractivity contribution < 1.29 is 9.50 Å². The monoisotopic (exact) mass is 278 g/mol. The number of halogens is 2. The predicted molar refractivity (Wildman–Crippen MR) is 76.0 cm³/mol. The maximum atomic E-state index is 13.4. The van der Waals surface area contributed by atoms with E-state index >= 15 is 0 Å². The summed E-state index contributed by atoms with van der Waals surface area (Å²) in [6.07, 6.45) is -0.00617. The second-order valence-corrected chi connectivity index (χ2v) is 4.99. The molecule has 2 aromatic rings. The quantitative estimate of drug-likeness (QED) is 0.880. The van der Waals surface area contributed by atoms with Crippen molar-refractivity contribution in [3.8, 4) is 0 Å². The standard InChI is InChI=1S/C16H16ClFO/c1-3-11-6-4-5-7-12(11)16(19)13-8-10(2)15(18)9-14(13)17/h4-9,16,19H,3H2,1-2H3. The Morgan fingerprint density at radius 1 is 1.21 bits per heavy atom. The van der Waals surface area contributed by atoms with Crippen LogP contribution in [0.2, 0.25) is 5.02 Å². The van der Waals surface area contributed by atoms with Crippen molar-refractivity contribution in [2.45, 2.75) is 26.4 Å². The van der Waals surface area contributed by atoms with Crippen LogP contribution in [-0.2, 0) is 6.42 Å². The third-order valence-electron chi connectivity index (χ3n) is 3.30. The molecule has 0 saturated carbocycles. The van der Waals surface area contributed by atoms with Crippen LogP contribution >= 0.6 is 11.6 Å². The van der Waals surface area contributed by atoms with Gasteiger partial charge in [-0.15, -0.1) is 0 Å². The van der Waals surface area contributed by atoms with Crippen molar-refractivity contribution in [1.29, 1.82) is 0 Å². The Balaban J connectivity index is 2.50. The van der Waals surface area contributed by atoms with Gasteiger partial charge in [-0.25, -0.2) is 4.39 Å². The van der Waals surface area contributed by atoms with E-state index in [2.05, 4.69) is 0 Å². The van der Waals surface area contributed by atoms with Crippen molar-refractivity contribution in [2.24, 2.45) is 0 Å². The fraction of sp³-hybridized carbons (Fsp3) is 0.250. The van der Waals surface area contributed by atoms with Gasteiger partial charge in [-0.3, -0.25) is 0 Å². The Hall–Kier alpha value is -1.38. The van der Waals surface area contributed by atoms with E-state index in [1.807, 2.05) is 31.2 Å². The minimum Gasteiger partial charge on any atom is -0.384 e. The van der Waals surface area contributed by atoms with E-state index in [1.54, 1.807) is 13.0 Å². The lowest BCUT2D eigenvalue weighted by molar-refractivity contribution is 0.219. The Morgan fingerprint density at radius 2 is 1.89 bits per heavy atom. The molecule has 0 saturated heterocycles. The van der Waals surface area contributed by atoms with Gasteiger partial charge in [0.15, 0.2) is 0 Å². The molecule has 1 nitrogen and oxygen atoms in total. The largest absolute Gasteiger partial charge is 0.384 e. The van der Waals surface area contributed by atoms with Crippen LogP contribution in [0.25, 0.3) is 0 Å².